The summed E-state index contributed by atoms with van der Waals surface area (Å²) >= 11 is 0. The second kappa shape index (κ2) is 23.4. The number of nitrogens with one attached hydrogen (secondary N) is 2. The van der Waals surface area contributed by atoms with Crippen molar-refractivity contribution in [3.8, 4) is 0 Å². The third-order valence-corrected chi connectivity index (χ3v) is 4.41. The zero-order valence-electron chi connectivity index (χ0n) is 17.9. The van der Waals surface area contributed by atoms with E-state index in [1.54, 1.807) is 0 Å². The van der Waals surface area contributed by atoms with Crippen molar-refractivity contribution in [2.75, 3.05) is 39.3 Å². The Labute approximate surface area is 158 Å². The quantitative estimate of drug-likeness (QED) is 0.357. The summed E-state index contributed by atoms with van der Waals surface area (Å²) in [6.07, 6.45) is 11.1. The Morgan fingerprint density at radius 3 is 1.96 bits per heavy atom. The minimum Gasteiger partial charge on any atom is -0.359 e. The summed E-state index contributed by atoms with van der Waals surface area (Å²) in [5.41, 5.74) is 0. The van der Waals surface area contributed by atoms with Gasteiger partial charge in [-0.3, -0.25) is 4.79 Å². The Morgan fingerprint density at radius 1 is 0.920 bits per heavy atom. The average molecular weight is 358 g/mol. The molecule has 1 rings (SSSR count). The summed E-state index contributed by atoms with van der Waals surface area (Å²) < 4.78 is 0. The summed E-state index contributed by atoms with van der Waals surface area (Å²) in [6, 6.07) is 0. The molecule has 1 fully saturated rings. The first-order valence-electron chi connectivity index (χ1n) is 10.9. The number of hydrogen-bond acceptors (Lipinski definition) is 3. The first-order valence-corrected chi connectivity index (χ1v) is 10.9. The van der Waals surface area contributed by atoms with Crippen LogP contribution < -0.4 is 10.6 Å². The van der Waals surface area contributed by atoms with Crippen molar-refractivity contribution in [2.24, 2.45) is 5.92 Å². The lowest BCUT2D eigenvalue weighted by Crippen LogP contribution is -2.46. The van der Waals surface area contributed by atoms with E-state index in [2.05, 4.69) is 36.3 Å². The predicted octanol–water partition coefficient (Wildman–Crippen LogP) is 4.45. The molecule has 4 heteroatoms. The van der Waals surface area contributed by atoms with Crippen LogP contribution in [0.1, 0.15) is 86.0 Å². The molecule has 25 heavy (non-hydrogen) atoms. The number of nitrogens with zero attached hydrogens (tertiary/aromatic N) is 1. The first kappa shape index (κ1) is 26.6. The van der Waals surface area contributed by atoms with Crippen molar-refractivity contribution >= 4 is 6.41 Å². The van der Waals surface area contributed by atoms with Crippen molar-refractivity contribution in [1.29, 1.82) is 0 Å². The smallest absolute Gasteiger partial charge is 0.207 e. The Balaban J connectivity index is 0. The van der Waals surface area contributed by atoms with Gasteiger partial charge < -0.3 is 15.5 Å². The molecule has 1 aliphatic rings. The molecule has 152 valence electrons. The van der Waals surface area contributed by atoms with E-state index in [-0.39, 0.29) is 0 Å². The highest BCUT2D eigenvalue weighted by atomic mass is 16.1. The molecule has 0 aromatic carbocycles. The standard InChI is InChI=1S/C11H24N2O.C8H17N.C2H6/c1-2-12-9-7-5-3-4-6-8-10-13-11-14;1-3-5-9-6-8(4-2)7-9;1-2/h11-12H,2-10H2,1H3,(H,13,14);8H,3-7H2,1-2H3;1-2H3. The van der Waals surface area contributed by atoms with Crippen molar-refractivity contribution < 1.29 is 4.79 Å². The lowest BCUT2D eigenvalue weighted by molar-refractivity contribution is -0.109. The van der Waals surface area contributed by atoms with E-state index in [1.165, 1.54) is 64.6 Å². The maximum absolute atomic E-state index is 9.92. The van der Waals surface area contributed by atoms with Crippen molar-refractivity contribution in [2.45, 2.75) is 86.0 Å². The van der Waals surface area contributed by atoms with Crippen LogP contribution in [0, 0.1) is 5.92 Å². The van der Waals surface area contributed by atoms with Crippen LogP contribution in [0.5, 0.6) is 0 Å². The molecule has 1 aliphatic heterocycles. The number of carbonyl (C=O) groups is 1. The fourth-order valence-electron chi connectivity index (χ4n) is 2.85. The average Bonchev–Trinajstić information content (AvgIpc) is 2.62. The number of rotatable bonds is 14. The van der Waals surface area contributed by atoms with Gasteiger partial charge in [0, 0.05) is 19.6 Å². The largest absolute Gasteiger partial charge is 0.359 e. The summed E-state index contributed by atoms with van der Waals surface area (Å²) in [4.78, 5) is 12.5. The molecule has 0 unspecified atom stereocenters. The van der Waals surface area contributed by atoms with Crippen LogP contribution in [0.4, 0.5) is 0 Å². The van der Waals surface area contributed by atoms with Crippen LogP contribution in [0.2, 0.25) is 0 Å². The van der Waals surface area contributed by atoms with E-state index in [0.29, 0.717) is 0 Å². The van der Waals surface area contributed by atoms with E-state index in [1.807, 2.05) is 13.8 Å². The molecule has 0 atom stereocenters. The summed E-state index contributed by atoms with van der Waals surface area (Å²) in [5, 5.41) is 5.99. The normalized spacial score (nSPS) is 13.8. The Bertz CT molecular complexity index is 243. The minimum absolute atomic E-state index is 0.774. The molecular weight excluding hydrogens is 310 g/mol. The van der Waals surface area contributed by atoms with Crippen LogP contribution in [-0.2, 0) is 4.79 Å². The van der Waals surface area contributed by atoms with Gasteiger partial charge in [-0.15, -0.1) is 0 Å². The molecule has 2 N–H and O–H groups in total. The maximum atomic E-state index is 9.92. The molecule has 0 aromatic heterocycles. The van der Waals surface area contributed by atoms with Crippen LogP contribution in [0.15, 0.2) is 0 Å². The number of amides is 1. The summed E-state index contributed by atoms with van der Waals surface area (Å²) in [6.45, 7) is 17.8. The number of hydrogen-bond donors (Lipinski definition) is 2. The SMILES string of the molecule is CC.CCCN1CC(CC)C1.CCNCCCCCCCCNC=O. The molecule has 0 aromatic rings. The van der Waals surface area contributed by atoms with Gasteiger partial charge in [-0.2, -0.15) is 0 Å². The van der Waals surface area contributed by atoms with Crippen LogP contribution in [0.25, 0.3) is 0 Å². The Kier molecular flexibility index (Phi) is 24.9. The van der Waals surface area contributed by atoms with Crippen molar-refractivity contribution in [1.82, 2.24) is 15.5 Å². The third kappa shape index (κ3) is 19.6. The number of likely N-dealkylation sites (tertiary alicyclic amines) is 1. The lowest BCUT2D eigenvalue weighted by Gasteiger charge is -2.38. The van der Waals surface area contributed by atoms with Gasteiger partial charge >= 0.3 is 0 Å². The van der Waals surface area contributed by atoms with Gasteiger partial charge in [0.1, 0.15) is 0 Å². The minimum atomic E-state index is 0.774. The molecule has 0 aliphatic carbocycles. The number of carbonyl (C=O) groups excluding carboxylic acids is 1. The maximum Gasteiger partial charge on any atom is 0.207 e. The number of unbranched alkanes of at least 4 members (excludes halogenated alkanes) is 5. The molecule has 1 saturated heterocycles. The molecule has 0 bridgehead atoms. The van der Waals surface area contributed by atoms with Crippen LogP contribution in [-0.4, -0.2) is 50.6 Å². The van der Waals surface area contributed by atoms with Gasteiger partial charge in [0.15, 0.2) is 0 Å². The highest BCUT2D eigenvalue weighted by Crippen LogP contribution is 2.17. The first-order chi connectivity index (χ1) is 12.3. The molecule has 0 radical (unpaired) electrons. The van der Waals surface area contributed by atoms with E-state index < -0.39 is 0 Å². The monoisotopic (exact) mass is 357 g/mol. The summed E-state index contributed by atoms with van der Waals surface area (Å²) in [5.74, 6) is 1.02. The second-order valence-corrected chi connectivity index (χ2v) is 6.58. The van der Waals surface area contributed by atoms with Gasteiger partial charge in [-0.25, -0.2) is 0 Å². The highest BCUT2D eigenvalue weighted by molar-refractivity contribution is 5.45. The molecular formula is C21H47N3O. The van der Waals surface area contributed by atoms with E-state index in [9.17, 15) is 4.79 Å². The molecule has 0 spiro atoms. The fourth-order valence-corrected chi connectivity index (χ4v) is 2.85. The van der Waals surface area contributed by atoms with Gasteiger partial charge in [0.25, 0.3) is 0 Å². The molecule has 4 nitrogen and oxygen atoms in total. The predicted molar refractivity (Wildman–Crippen MR) is 112 cm³/mol. The molecule has 1 amide bonds. The van der Waals surface area contributed by atoms with Crippen LogP contribution >= 0.6 is 0 Å². The van der Waals surface area contributed by atoms with E-state index in [0.717, 1.165) is 38.4 Å². The van der Waals surface area contributed by atoms with Gasteiger partial charge in [-0.1, -0.05) is 66.7 Å². The summed E-state index contributed by atoms with van der Waals surface area (Å²) in [7, 11) is 0. The Hall–Kier alpha value is -0.610. The third-order valence-electron chi connectivity index (χ3n) is 4.41. The van der Waals surface area contributed by atoms with Gasteiger partial charge in [0.2, 0.25) is 6.41 Å². The van der Waals surface area contributed by atoms with Crippen molar-refractivity contribution in [3.63, 3.8) is 0 Å². The molecule has 1 heterocycles. The molecule has 0 saturated carbocycles. The zero-order valence-corrected chi connectivity index (χ0v) is 17.9. The van der Waals surface area contributed by atoms with Gasteiger partial charge in [-0.05, 0) is 44.8 Å². The topological polar surface area (TPSA) is 44.4 Å². The lowest BCUT2D eigenvalue weighted by atomic mass is 9.97. The van der Waals surface area contributed by atoms with E-state index in [4.69, 9.17) is 0 Å². The fraction of sp³-hybridized carbons (Fsp3) is 0.952. The van der Waals surface area contributed by atoms with Gasteiger partial charge in [0.05, 0.1) is 0 Å². The highest BCUT2D eigenvalue weighted by Gasteiger charge is 2.23. The van der Waals surface area contributed by atoms with Crippen LogP contribution in [0.3, 0.4) is 0 Å². The zero-order chi connectivity index (χ0) is 19.2. The Morgan fingerprint density at radius 2 is 1.48 bits per heavy atom. The van der Waals surface area contributed by atoms with Crippen molar-refractivity contribution in [3.05, 3.63) is 0 Å². The van der Waals surface area contributed by atoms with E-state index >= 15 is 0 Å². The second-order valence-electron chi connectivity index (χ2n) is 6.58.